The monoisotopic (exact) mass is 490 g/mol. The summed E-state index contributed by atoms with van der Waals surface area (Å²) in [5.41, 5.74) is 9.04. The average molecular weight is 491 g/mol. The molecule has 1 saturated carbocycles. The Bertz CT molecular complexity index is 1510. The Morgan fingerprint density at radius 2 is 1.89 bits per heavy atom. The molecule has 180 valence electrons. The molecule has 0 bridgehead atoms. The minimum atomic E-state index is -0.938. The molecule has 35 heavy (non-hydrogen) atoms. The summed E-state index contributed by atoms with van der Waals surface area (Å²) in [5, 5.41) is 9.06. The first-order valence-corrected chi connectivity index (χ1v) is 12.5. The van der Waals surface area contributed by atoms with Crippen molar-refractivity contribution in [2.75, 3.05) is 0 Å². The lowest BCUT2D eigenvalue weighted by atomic mass is 9.88. The molecule has 2 aromatic heterocycles. The number of carbonyl (C=O) groups is 1. The molecule has 3 N–H and O–H groups in total. The number of amides is 1. The summed E-state index contributed by atoms with van der Waals surface area (Å²) >= 11 is 6.56. The van der Waals surface area contributed by atoms with Crippen molar-refractivity contribution in [1.29, 1.82) is 0 Å². The van der Waals surface area contributed by atoms with E-state index in [1.165, 1.54) is 0 Å². The van der Waals surface area contributed by atoms with E-state index in [0.717, 1.165) is 41.3 Å². The molecule has 0 radical (unpaired) electrons. The first kappa shape index (κ1) is 22.3. The highest BCUT2D eigenvalue weighted by atomic mass is 35.5. The van der Waals surface area contributed by atoms with E-state index in [4.69, 9.17) is 21.9 Å². The topological polar surface area (TPSA) is 103 Å². The van der Waals surface area contributed by atoms with Crippen LogP contribution >= 0.6 is 11.6 Å². The van der Waals surface area contributed by atoms with E-state index in [1.807, 2.05) is 41.0 Å². The fraction of sp³-hybridized carbons (Fsp3) is 0.370. The van der Waals surface area contributed by atoms with Crippen molar-refractivity contribution in [2.45, 2.75) is 63.1 Å². The van der Waals surface area contributed by atoms with Crippen LogP contribution in [0, 0.1) is 6.92 Å². The van der Waals surface area contributed by atoms with E-state index in [9.17, 15) is 9.59 Å². The summed E-state index contributed by atoms with van der Waals surface area (Å²) in [7, 11) is 0. The molecule has 1 fully saturated rings. The molecule has 2 aliphatic rings. The lowest BCUT2D eigenvalue weighted by Crippen LogP contribution is -2.57. The van der Waals surface area contributed by atoms with Crippen molar-refractivity contribution in [3.8, 4) is 0 Å². The second kappa shape index (κ2) is 8.21. The van der Waals surface area contributed by atoms with E-state index in [1.54, 1.807) is 13.0 Å². The number of hydrogen-bond acceptors (Lipinski definition) is 5. The molecule has 2 atom stereocenters. The number of aromatic nitrogens is 2. The fourth-order valence-corrected chi connectivity index (χ4v) is 6.26. The van der Waals surface area contributed by atoms with Crippen molar-refractivity contribution in [3.63, 3.8) is 0 Å². The first-order chi connectivity index (χ1) is 16.9. The van der Waals surface area contributed by atoms with Gasteiger partial charge in [0.2, 0.25) is 5.91 Å². The van der Waals surface area contributed by atoms with Crippen LogP contribution in [0.5, 0.6) is 0 Å². The minimum Gasteiger partial charge on any atom is -0.360 e. The Hall–Kier alpha value is -3.16. The van der Waals surface area contributed by atoms with Crippen LogP contribution in [0.15, 0.2) is 51.8 Å². The Morgan fingerprint density at radius 1 is 1.14 bits per heavy atom. The number of nitrogens with two attached hydrogens (primary N) is 1. The number of fused-ring (bicyclic) bond motifs is 4. The highest BCUT2D eigenvalue weighted by Gasteiger charge is 2.41. The number of hydrogen-bond donors (Lipinski definition) is 2. The highest BCUT2D eigenvalue weighted by molar-refractivity contribution is 6.37. The third-order valence-electron chi connectivity index (χ3n) is 7.71. The van der Waals surface area contributed by atoms with E-state index >= 15 is 0 Å². The zero-order valence-corrected chi connectivity index (χ0v) is 20.3. The molecule has 2 aliphatic carbocycles. The van der Waals surface area contributed by atoms with Crippen LogP contribution in [0.2, 0.25) is 5.02 Å². The van der Waals surface area contributed by atoms with Crippen LogP contribution in [0.3, 0.4) is 0 Å². The Labute approximate surface area is 207 Å². The fourth-order valence-electron chi connectivity index (χ4n) is 6.00. The van der Waals surface area contributed by atoms with Gasteiger partial charge in [-0.1, -0.05) is 47.1 Å². The lowest BCUT2D eigenvalue weighted by Gasteiger charge is -2.34. The van der Waals surface area contributed by atoms with Gasteiger partial charge in [-0.2, -0.15) is 0 Å². The maximum atomic E-state index is 13.7. The number of benzene rings is 2. The third-order valence-corrected chi connectivity index (χ3v) is 8.03. The maximum absolute atomic E-state index is 13.7. The molecule has 7 nitrogen and oxygen atoms in total. The van der Waals surface area contributed by atoms with Crippen molar-refractivity contribution in [2.24, 2.45) is 5.73 Å². The second-order valence-electron chi connectivity index (χ2n) is 10.0. The highest BCUT2D eigenvalue weighted by Crippen LogP contribution is 2.36. The third kappa shape index (κ3) is 3.56. The Balaban J connectivity index is 1.32. The minimum absolute atomic E-state index is 0.0641. The van der Waals surface area contributed by atoms with Gasteiger partial charge in [0.15, 0.2) is 0 Å². The zero-order chi connectivity index (χ0) is 24.3. The van der Waals surface area contributed by atoms with Crippen LogP contribution in [0.1, 0.15) is 48.6 Å². The predicted molar refractivity (Wildman–Crippen MR) is 136 cm³/mol. The summed E-state index contributed by atoms with van der Waals surface area (Å²) in [4.78, 5) is 27.0. The van der Waals surface area contributed by atoms with Gasteiger partial charge in [0.05, 0.1) is 10.5 Å². The Morgan fingerprint density at radius 3 is 2.63 bits per heavy atom. The van der Waals surface area contributed by atoms with Gasteiger partial charge in [-0.3, -0.25) is 9.59 Å². The van der Waals surface area contributed by atoms with Gasteiger partial charge in [-0.15, -0.1) is 0 Å². The van der Waals surface area contributed by atoms with Crippen LogP contribution in [-0.4, -0.2) is 27.2 Å². The molecule has 0 spiro atoms. The van der Waals surface area contributed by atoms with Gasteiger partial charge in [-0.05, 0) is 68.7 Å². The van der Waals surface area contributed by atoms with Crippen molar-refractivity contribution in [3.05, 3.63) is 74.7 Å². The number of rotatable bonds is 3. The molecule has 6 rings (SSSR count). The number of aryl methyl sites for hydroxylation is 1. The molecule has 4 aromatic rings. The summed E-state index contributed by atoms with van der Waals surface area (Å²) in [6, 6.07) is 13.4. The standard InChI is InChI=1S/C27H27ClN4O3/c1-15-22-24(31-35-15)23-20(28)10-5-11-21(23)32(25(22)33)19-9-4-8-18(12-19)30-26(34)27(29)13-16-6-2-3-7-17(16)14-27/h2-3,5-7,10-11,18-19H,4,8-9,12-14,29H2,1H3,(H,30,34). The summed E-state index contributed by atoms with van der Waals surface area (Å²) in [6.45, 7) is 1.74. The molecular formula is C27H27ClN4O3. The average Bonchev–Trinajstić information content (AvgIpc) is 3.40. The van der Waals surface area contributed by atoms with Gasteiger partial charge in [-0.25, -0.2) is 0 Å². The van der Waals surface area contributed by atoms with Gasteiger partial charge < -0.3 is 20.1 Å². The smallest absolute Gasteiger partial charge is 0.264 e. The van der Waals surface area contributed by atoms with Crippen molar-refractivity contribution >= 4 is 39.3 Å². The molecule has 2 aromatic carbocycles. The molecule has 2 heterocycles. The lowest BCUT2D eigenvalue weighted by molar-refractivity contribution is -0.127. The quantitative estimate of drug-likeness (QED) is 0.448. The van der Waals surface area contributed by atoms with Crippen LogP contribution in [-0.2, 0) is 17.6 Å². The largest absolute Gasteiger partial charge is 0.360 e. The van der Waals surface area contributed by atoms with Gasteiger partial charge >= 0.3 is 0 Å². The Kier molecular flexibility index (Phi) is 5.23. The number of halogens is 1. The number of carbonyl (C=O) groups excluding carboxylic acids is 1. The SMILES string of the molecule is Cc1onc2c1c(=O)n(C1CCCC(NC(=O)C3(N)Cc4ccccc4C3)C1)c1cccc(Cl)c21. The van der Waals surface area contributed by atoms with Crippen LogP contribution in [0.4, 0.5) is 0 Å². The van der Waals surface area contributed by atoms with E-state index in [2.05, 4.69) is 10.5 Å². The van der Waals surface area contributed by atoms with Gasteiger partial charge in [0, 0.05) is 17.5 Å². The summed E-state index contributed by atoms with van der Waals surface area (Å²) in [5.74, 6) is 0.358. The van der Waals surface area contributed by atoms with Crippen LogP contribution in [0.25, 0.3) is 21.8 Å². The normalized spacial score (nSPS) is 21.3. The number of pyridine rings is 1. The summed E-state index contributed by atoms with van der Waals surface area (Å²) in [6.07, 6.45) is 4.30. The maximum Gasteiger partial charge on any atom is 0.264 e. The predicted octanol–water partition coefficient (Wildman–Crippen LogP) is 4.20. The van der Waals surface area contributed by atoms with Crippen molar-refractivity contribution in [1.82, 2.24) is 15.0 Å². The molecule has 8 heteroatoms. The molecule has 0 saturated heterocycles. The van der Waals surface area contributed by atoms with Gasteiger partial charge in [0.25, 0.3) is 5.56 Å². The molecule has 0 aliphatic heterocycles. The molecule has 2 unspecified atom stereocenters. The zero-order valence-electron chi connectivity index (χ0n) is 19.5. The molecule has 1 amide bonds. The number of nitrogens with one attached hydrogen (secondary N) is 1. The van der Waals surface area contributed by atoms with E-state index < -0.39 is 5.54 Å². The molecular weight excluding hydrogens is 464 g/mol. The number of nitrogens with zero attached hydrogens (tertiary/aromatic N) is 2. The second-order valence-corrected chi connectivity index (χ2v) is 10.4. The summed E-state index contributed by atoms with van der Waals surface area (Å²) < 4.78 is 7.21. The van der Waals surface area contributed by atoms with E-state index in [0.29, 0.717) is 40.9 Å². The van der Waals surface area contributed by atoms with Crippen LogP contribution < -0.4 is 16.6 Å². The van der Waals surface area contributed by atoms with Crippen molar-refractivity contribution < 1.29 is 9.32 Å². The first-order valence-electron chi connectivity index (χ1n) is 12.1. The van der Waals surface area contributed by atoms with E-state index in [-0.39, 0.29) is 23.6 Å². The van der Waals surface area contributed by atoms with Gasteiger partial charge in [0.1, 0.15) is 22.2 Å².